The number of carbonyl (C=O) groups excluding carboxylic acids is 2. The number of rotatable bonds is 3. The van der Waals surface area contributed by atoms with E-state index in [9.17, 15) is 14.7 Å². The van der Waals surface area contributed by atoms with Gasteiger partial charge in [0.25, 0.3) is 5.78 Å². The summed E-state index contributed by atoms with van der Waals surface area (Å²) in [6.07, 6.45) is 0. The third kappa shape index (κ3) is 2.94. The fourth-order valence-electron chi connectivity index (χ4n) is 3.01. The molecule has 3 heterocycles. The molecule has 1 N–H and O–H groups in total. The minimum Gasteiger partial charge on any atom is -0.507 e. The lowest BCUT2D eigenvalue weighted by molar-refractivity contribution is -0.132. The smallest absolute Gasteiger partial charge is 0.301 e. The lowest BCUT2D eigenvalue weighted by Crippen LogP contribution is -2.29. The van der Waals surface area contributed by atoms with Gasteiger partial charge in [-0.3, -0.25) is 14.5 Å². The SMILES string of the molecule is Cc1cc(N2C(=O)C(=O)/C(=C(/O)c3ccc(Cl)cc3)C2c2cccs2)no1. The molecule has 0 aliphatic carbocycles. The van der Waals surface area contributed by atoms with Crippen LogP contribution in [0.2, 0.25) is 5.02 Å². The van der Waals surface area contributed by atoms with Crippen molar-refractivity contribution >= 4 is 46.2 Å². The van der Waals surface area contributed by atoms with Gasteiger partial charge in [0.15, 0.2) is 5.82 Å². The van der Waals surface area contributed by atoms with E-state index in [1.165, 1.54) is 16.2 Å². The first kappa shape index (κ1) is 17.5. The number of thiophene rings is 1. The molecule has 0 spiro atoms. The molecule has 1 aliphatic rings. The molecule has 1 amide bonds. The van der Waals surface area contributed by atoms with Crippen LogP contribution in [0.1, 0.15) is 22.2 Å². The van der Waals surface area contributed by atoms with Gasteiger partial charge in [-0.05, 0) is 42.6 Å². The number of aliphatic hydroxyl groups excluding tert-OH is 1. The quantitative estimate of drug-likeness (QED) is 0.402. The number of nitrogens with zero attached hydrogens (tertiary/aromatic N) is 2. The number of aromatic nitrogens is 1. The maximum absolute atomic E-state index is 12.8. The Hall–Kier alpha value is -2.90. The van der Waals surface area contributed by atoms with Crippen molar-refractivity contribution in [1.29, 1.82) is 0 Å². The Morgan fingerprint density at radius 3 is 2.59 bits per heavy atom. The molecule has 1 aliphatic heterocycles. The summed E-state index contributed by atoms with van der Waals surface area (Å²) in [5.74, 6) is -1.07. The zero-order valence-corrected chi connectivity index (χ0v) is 15.6. The summed E-state index contributed by atoms with van der Waals surface area (Å²) >= 11 is 7.28. The van der Waals surface area contributed by atoms with Gasteiger partial charge in [0.1, 0.15) is 17.6 Å². The number of benzene rings is 1. The van der Waals surface area contributed by atoms with Crippen molar-refractivity contribution in [3.63, 3.8) is 0 Å². The molecule has 3 aromatic rings. The fraction of sp³-hybridized carbons (Fsp3) is 0.105. The molecule has 1 atom stereocenters. The highest BCUT2D eigenvalue weighted by molar-refractivity contribution is 7.10. The van der Waals surface area contributed by atoms with Crippen molar-refractivity contribution in [2.24, 2.45) is 0 Å². The predicted molar refractivity (Wildman–Crippen MR) is 102 cm³/mol. The molecule has 0 bridgehead atoms. The molecule has 4 rings (SSSR count). The molecule has 6 nitrogen and oxygen atoms in total. The topological polar surface area (TPSA) is 83.6 Å². The molecule has 1 aromatic carbocycles. The van der Waals surface area contributed by atoms with Gasteiger partial charge in [-0.1, -0.05) is 22.8 Å². The van der Waals surface area contributed by atoms with E-state index in [1.807, 2.05) is 11.4 Å². The third-order valence-electron chi connectivity index (χ3n) is 4.24. The van der Waals surface area contributed by atoms with Crippen LogP contribution in [0.5, 0.6) is 0 Å². The highest BCUT2D eigenvalue weighted by Crippen LogP contribution is 2.43. The van der Waals surface area contributed by atoms with Crippen LogP contribution in [0.4, 0.5) is 5.82 Å². The molecule has 2 aromatic heterocycles. The maximum atomic E-state index is 12.8. The van der Waals surface area contributed by atoms with Crippen LogP contribution in [0, 0.1) is 6.92 Å². The van der Waals surface area contributed by atoms with Crippen LogP contribution in [-0.4, -0.2) is 22.0 Å². The molecule has 0 saturated carbocycles. The van der Waals surface area contributed by atoms with E-state index in [-0.39, 0.29) is 17.2 Å². The summed E-state index contributed by atoms with van der Waals surface area (Å²) in [4.78, 5) is 27.5. The van der Waals surface area contributed by atoms with E-state index >= 15 is 0 Å². The number of aliphatic hydroxyl groups is 1. The third-order valence-corrected chi connectivity index (χ3v) is 5.41. The Morgan fingerprint density at radius 1 is 1.26 bits per heavy atom. The highest BCUT2D eigenvalue weighted by Gasteiger charge is 2.48. The Balaban J connectivity index is 1.92. The number of halogens is 1. The lowest BCUT2D eigenvalue weighted by atomic mass is 10.00. The molecule has 27 heavy (non-hydrogen) atoms. The number of aryl methyl sites for hydroxylation is 1. The summed E-state index contributed by atoms with van der Waals surface area (Å²) in [5, 5.41) is 17.1. The number of Topliss-reactive ketones (excluding diaryl/α,β-unsaturated/α-hetero) is 1. The van der Waals surface area contributed by atoms with Crippen LogP contribution in [0.3, 0.4) is 0 Å². The zero-order chi connectivity index (χ0) is 19.1. The van der Waals surface area contributed by atoms with Crippen LogP contribution in [0.25, 0.3) is 5.76 Å². The van der Waals surface area contributed by atoms with Crippen LogP contribution in [-0.2, 0) is 9.59 Å². The van der Waals surface area contributed by atoms with Gasteiger partial charge in [0, 0.05) is 21.5 Å². The second-order valence-electron chi connectivity index (χ2n) is 5.99. The van der Waals surface area contributed by atoms with Gasteiger partial charge in [0.2, 0.25) is 0 Å². The molecule has 1 unspecified atom stereocenters. The molecule has 0 radical (unpaired) electrons. The van der Waals surface area contributed by atoms with Crippen LogP contribution < -0.4 is 4.90 Å². The average molecular weight is 401 g/mol. The molecule has 1 fully saturated rings. The second-order valence-corrected chi connectivity index (χ2v) is 7.40. The Kier molecular flexibility index (Phi) is 4.33. The first-order valence-electron chi connectivity index (χ1n) is 8.01. The standard InChI is InChI=1S/C19H13ClN2O4S/c1-10-9-14(21-26-10)22-16(13-3-2-8-27-13)15(18(24)19(22)25)17(23)11-4-6-12(20)7-5-11/h2-9,16,23H,1H3/b17-15+. The molecule has 1 saturated heterocycles. The first-order chi connectivity index (χ1) is 13.0. The first-order valence-corrected chi connectivity index (χ1v) is 9.27. The van der Waals surface area contributed by atoms with Gasteiger partial charge in [0.05, 0.1) is 5.57 Å². The summed E-state index contributed by atoms with van der Waals surface area (Å²) in [6, 6.07) is 10.8. The molecule has 136 valence electrons. The molecular weight excluding hydrogens is 388 g/mol. The van der Waals surface area contributed by atoms with E-state index in [0.717, 1.165) is 4.88 Å². The summed E-state index contributed by atoms with van der Waals surface area (Å²) in [7, 11) is 0. The van der Waals surface area contributed by atoms with Gasteiger partial charge in [-0.15, -0.1) is 11.3 Å². The van der Waals surface area contributed by atoms with Crippen molar-refractivity contribution in [2.45, 2.75) is 13.0 Å². The number of hydrogen-bond acceptors (Lipinski definition) is 6. The van der Waals surface area contributed by atoms with E-state index < -0.39 is 17.7 Å². The van der Waals surface area contributed by atoms with Gasteiger partial charge >= 0.3 is 5.91 Å². The minimum absolute atomic E-state index is 0.00502. The van der Waals surface area contributed by atoms with Crippen molar-refractivity contribution in [1.82, 2.24) is 5.16 Å². The number of amides is 1. The van der Waals surface area contributed by atoms with E-state index in [1.54, 1.807) is 43.3 Å². The zero-order valence-electron chi connectivity index (χ0n) is 14.0. The number of hydrogen-bond donors (Lipinski definition) is 1. The van der Waals surface area contributed by atoms with Crippen molar-refractivity contribution < 1.29 is 19.2 Å². The largest absolute Gasteiger partial charge is 0.507 e. The highest BCUT2D eigenvalue weighted by atomic mass is 35.5. The number of carbonyl (C=O) groups is 2. The Labute approximate surface area is 163 Å². The van der Waals surface area contributed by atoms with Gasteiger partial charge in [-0.2, -0.15) is 0 Å². The van der Waals surface area contributed by atoms with Gasteiger partial charge < -0.3 is 9.63 Å². The maximum Gasteiger partial charge on any atom is 0.301 e. The van der Waals surface area contributed by atoms with E-state index in [4.69, 9.17) is 16.1 Å². The van der Waals surface area contributed by atoms with Crippen LogP contribution in [0.15, 0.2) is 57.9 Å². The summed E-state index contributed by atoms with van der Waals surface area (Å²) in [5.41, 5.74) is 0.403. The summed E-state index contributed by atoms with van der Waals surface area (Å²) < 4.78 is 5.07. The normalized spacial score (nSPS) is 19.0. The summed E-state index contributed by atoms with van der Waals surface area (Å²) in [6.45, 7) is 1.70. The fourth-order valence-corrected chi connectivity index (χ4v) is 3.96. The van der Waals surface area contributed by atoms with E-state index in [2.05, 4.69) is 5.16 Å². The number of anilines is 1. The Morgan fingerprint density at radius 2 is 2.00 bits per heavy atom. The van der Waals surface area contributed by atoms with Crippen molar-refractivity contribution in [2.75, 3.05) is 4.90 Å². The van der Waals surface area contributed by atoms with Crippen molar-refractivity contribution in [3.8, 4) is 0 Å². The van der Waals surface area contributed by atoms with Crippen molar-refractivity contribution in [3.05, 3.63) is 74.6 Å². The Bertz CT molecular complexity index is 1050. The minimum atomic E-state index is -0.787. The number of ketones is 1. The molecule has 8 heteroatoms. The van der Waals surface area contributed by atoms with E-state index in [0.29, 0.717) is 16.3 Å². The molecular formula is C19H13ClN2O4S. The van der Waals surface area contributed by atoms with Crippen LogP contribution >= 0.6 is 22.9 Å². The lowest BCUT2D eigenvalue weighted by Gasteiger charge is -2.21. The second kappa shape index (κ2) is 6.68. The average Bonchev–Trinajstić information content (AvgIpc) is 3.37. The predicted octanol–water partition coefficient (Wildman–Crippen LogP) is 4.32. The van der Waals surface area contributed by atoms with Gasteiger partial charge in [-0.25, -0.2) is 0 Å². The monoisotopic (exact) mass is 400 g/mol.